The summed E-state index contributed by atoms with van der Waals surface area (Å²) in [6, 6.07) is 6.02. The first-order chi connectivity index (χ1) is 15.4. The van der Waals surface area contributed by atoms with Crippen molar-refractivity contribution in [1.82, 2.24) is 25.1 Å². The summed E-state index contributed by atoms with van der Waals surface area (Å²) >= 11 is 0. The van der Waals surface area contributed by atoms with Crippen LogP contribution in [0.5, 0.6) is 5.75 Å². The van der Waals surface area contributed by atoms with Gasteiger partial charge in [-0.25, -0.2) is 4.98 Å². The number of likely N-dealkylation sites (tertiary alicyclic amines) is 1. The fourth-order valence-electron chi connectivity index (χ4n) is 3.46. The van der Waals surface area contributed by atoms with Gasteiger partial charge in [0.15, 0.2) is 5.82 Å². The summed E-state index contributed by atoms with van der Waals surface area (Å²) in [6.45, 7) is -2.26. The number of rotatable bonds is 8. The molecule has 11 heteroatoms. The van der Waals surface area contributed by atoms with Crippen LogP contribution in [0.4, 0.5) is 8.78 Å². The van der Waals surface area contributed by atoms with Crippen LogP contribution in [0.1, 0.15) is 45.9 Å². The molecule has 1 aromatic carbocycles. The number of aromatic nitrogens is 2. The van der Waals surface area contributed by atoms with E-state index in [2.05, 4.69) is 20.0 Å². The second-order valence-corrected chi connectivity index (χ2v) is 7.32. The SMILES string of the molecule is CNC(=O)CN(Cc1ccccc1OC(F)F)C(=O)c1cnc(C(=O)N2CCCCC2)[nH]1. The van der Waals surface area contributed by atoms with E-state index in [0.29, 0.717) is 18.7 Å². The minimum absolute atomic E-state index is 0.0153. The van der Waals surface area contributed by atoms with Gasteiger partial charge in [-0.2, -0.15) is 8.78 Å². The highest BCUT2D eigenvalue weighted by Crippen LogP contribution is 2.22. The molecule has 9 nitrogen and oxygen atoms in total. The van der Waals surface area contributed by atoms with Gasteiger partial charge in [0, 0.05) is 25.7 Å². The molecule has 0 radical (unpaired) electrons. The van der Waals surface area contributed by atoms with E-state index < -0.39 is 18.4 Å². The van der Waals surface area contributed by atoms with Crippen molar-refractivity contribution in [2.75, 3.05) is 26.7 Å². The largest absolute Gasteiger partial charge is 0.434 e. The number of para-hydroxylation sites is 1. The van der Waals surface area contributed by atoms with E-state index in [4.69, 9.17) is 0 Å². The van der Waals surface area contributed by atoms with Crippen LogP contribution in [-0.4, -0.2) is 70.8 Å². The fourth-order valence-corrected chi connectivity index (χ4v) is 3.46. The smallest absolute Gasteiger partial charge is 0.387 e. The van der Waals surface area contributed by atoms with Crippen molar-refractivity contribution in [2.45, 2.75) is 32.4 Å². The van der Waals surface area contributed by atoms with Gasteiger partial charge in [-0.1, -0.05) is 18.2 Å². The van der Waals surface area contributed by atoms with Crippen molar-refractivity contribution in [3.05, 3.63) is 47.5 Å². The number of halogens is 2. The van der Waals surface area contributed by atoms with E-state index in [1.807, 2.05) is 0 Å². The maximum Gasteiger partial charge on any atom is 0.387 e. The van der Waals surface area contributed by atoms with Gasteiger partial charge in [0.25, 0.3) is 11.8 Å². The molecule has 1 aliphatic rings. The number of carbonyl (C=O) groups excluding carboxylic acids is 3. The molecule has 32 heavy (non-hydrogen) atoms. The average Bonchev–Trinajstić information content (AvgIpc) is 3.29. The number of nitrogens with zero attached hydrogens (tertiary/aromatic N) is 3. The number of nitrogens with one attached hydrogen (secondary N) is 2. The Hall–Kier alpha value is -3.50. The number of aromatic amines is 1. The lowest BCUT2D eigenvalue weighted by Crippen LogP contribution is -2.39. The zero-order valence-corrected chi connectivity index (χ0v) is 17.6. The number of carbonyl (C=O) groups is 3. The Morgan fingerprint density at radius 3 is 2.62 bits per heavy atom. The number of H-pyrrole nitrogens is 1. The molecular formula is C21H25F2N5O4. The minimum atomic E-state index is -3.03. The van der Waals surface area contributed by atoms with Crippen LogP contribution < -0.4 is 10.1 Å². The molecule has 172 valence electrons. The Morgan fingerprint density at radius 2 is 1.94 bits per heavy atom. The first-order valence-electron chi connectivity index (χ1n) is 10.3. The van der Waals surface area contributed by atoms with Crippen molar-refractivity contribution in [3.8, 4) is 5.75 Å². The molecule has 0 atom stereocenters. The first kappa shape index (κ1) is 23.2. The monoisotopic (exact) mass is 449 g/mol. The molecular weight excluding hydrogens is 424 g/mol. The van der Waals surface area contributed by atoms with Gasteiger partial charge in [-0.15, -0.1) is 0 Å². The van der Waals surface area contributed by atoms with E-state index in [0.717, 1.165) is 24.2 Å². The molecule has 3 amide bonds. The van der Waals surface area contributed by atoms with Gasteiger partial charge >= 0.3 is 6.61 Å². The Balaban J connectivity index is 1.80. The maximum absolute atomic E-state index is 13.1. The summed E-state index contributed by atoms with van der Waals surface area (Å²) in [6.07, 6.45) is 4.13. The Morgan fingerprint density at radius 1 is 1.22 bits per heavy atom. The van der Waals surface area contributed by atoms with Gasteiger partial charge in [-0.05, 0) is 25.3 Å². The molecule has 1 fully saturated rings. The third-order valence-electron chi connectivity index (χ3n) is 5.10. The van der Waals surface area contributed by atoms with Crippen LogP contribution in [0.2, 0.25) is 0 Å². The van der Waals surface area contributed by atoms with Crippen molar-refractivity contribution in [2.24, 2.45) is 0 Å². The predicted octanol–water partition coefficient (Wildman–Crippen LogP) is 2.03. The molecule has 0 aliphatic carbocycles. The van der Waals surface area contributed by atoms with Crippen molar-refractivity contribution < 1.29 is 27.9 Å². The van der Waals surface area contributed by atoms with Crippen LogP contribution in [0.15, 0.2) is 30.5 Å². The Labute approximate surface area is 183 Å². The van der Waals surface area contributed by atoms with E-state index in [1.54, 1.807) is 11.0 Å². The number of hydrogen-bond acceptors (Lipinski definition) is 5. The first-order valence-corrected chi connectivity index (χ1v) is 10.3. The zero-order valence-electron chi connectivity index (χ0n) is 17.6. The van der Waals surface area contributed by atoms with Crippen LogP contribution in [0.3, 0.4) is 0 Å². The summed E-state index contributed by atoms with van der Waals surface area (Å²) in [4.78, 5) is 47.3. The molecule has 0 bridgehead atoms. The summed E-state index contributed by atoms with van der Waals surface area (Å²) in [5, 5.41) is 2.43. The van der Waals surface area contributed by atoms with Crippen molar-refractivity contribution in [3.63, 3.8) is 0 Å². The quantitative estimate of drug-likeness (QED) is 0.641. The molecule has 2 N–H and O–H groups in total. The van der Waals surface area contributed by atoms with Crippen LogP contribution >= 0.6 is 0 Å². The lowest BCUT2D eigenvalue weighted by Gasteiger charge is -2.25. The van der Waals surface area contributed by atoms with Crippen LogP contribution in [-0.2, 0) is 11.3 Å². The highest BCUT2D eigenvalue weighted by molar-refractivity contribution is 5.97. The highest BCUT2D eigenvalue weighted by atomic mass is 19.3. The number of piperidine rings is 1. The third-order valence-corrected chi connectivity index (χ3v) is 5.10. The van der Waals surface area contributed by atoms with Crippen molar-refractivity contribution >= 4 is 17.7 Å². The molecule has 3 rings (SSSR count). The van der Waals surface area contributed by atoms with Gasteiger partial charge < -0.3 is 24.8 Å². The number of imidazole rings is 1. The fraction of sp³-hybridized carbons (Fsp3) is 0.429. The summed E-state index contributed by atoms with van der Waals surface area (Å²) < 4.78 is 30.0. The molecule has 2 heterocycles. The molecule has 1 aromatic heterocycles. The summed E-state index contributed by atoms with van der Waals surface area (Å²) in [7, 11) is 1.42. The second kappa shape index (κ2) is 10.7. The van der Waals surface area contributed by atoms with Gasteiger partial charge in [-0.3, -0.25) is 14.4 Å². The number of ether oxygens (including phenoxy) is 1. The number of benzene rings is 1. The summed E-state index contributed by atoms with van der Waals surface area (Å²) in [5.41, 5.74) is 0.315. The topological polar surface area (TPSA) is 108 Å². The van der Waals surface area contributed by atoms with E-state index >= 15 is 0 Å². The minimum Gasteiger partial charge on any atom is -0.434 e. The van der Waals surface area contributed by atoms with Crippen molar-refractivity contribution in [1.29, 1.82) is 0 Å². The maximum atomic E-state index is 13.1. The standard InChI is InChI=1S/C21H25F2N5O4/c1-24-17(29)13-28(12-14-7-3-4-8-16(14)32-21(22)23)19(30)15-11-25-18(26-15)20(31)27-9-5-2-6-10-27/h3-4,7-8,11,21H,2,5-6,9-10,12-13H2,1H3,(H,24,29)(H,25,26). The number of amides is 3. The molecule has 1 aliphatic heterocycles. The zero-order chi connectivity index (χ0) is 23.1. The molecule has 0 saturated carbocycles. The molecule has 0 spiro atoms. The second-order valence-electron chi connectivity index (χ2n) is 7.32. The Bertz CT molecular complexity index is 959. The van der Waals surface area contributed by atoms with Gasteiger partial charge in [0.1, 0.15) is 18.0 Å². The van der Waals surface area contributed by atoms with Crippen LogP contribution in [0, 0.1) is 0 Å². The van der Waals surface area contributed by atoms with E-state index in [9.17, 15) is 23.2 Å². The summed E-state index contributed by atoms with van der Waals surface area (Å²) in [5.74, 6) is -1.41. The third kappa shape index (κ3) is 5.80. The van der Waals surface area contributed by atoms with E-state index in [-0.39, 0.29) is 36.3 Å². The van der Waals surface area contributed by atoms with Crippen LogP contribution in [0.25, 0.3) is 0 Å². The molecule has 0 unspecified atom stereocenters. The Kier molecular flexibility index (Phi) is 7.74. The highest BCUT2D eigenvalue weighted by Gasteiger charge is 2.25. The average molecular weight is 449 g/mol. The number of likely N-dealkylation sites (N-methyl/N-ethyl adjacent to an activating group) is 1. The molecule has 2 aromatic rings. The van der Waals surface area contributed by atoms with Gasteiger partial charge in [0.05, 0.1) is 12.7 Å². The number of hydrogen-bond donors (Lipinski definition) is 2. The van der Waals surface area contributed by atoms with Gasteiger partial charge in [0.2, 0.25) is 5.91 Å². The lowest BCUT2D eigenvalue weighted by atomic mass is 10.1. The number of alkyl halides is 2. The predicted molar refractivity (Wildman–Crippen MR) is 110 cm³/mol. The lowest BCUT2D eigenvalue weighted by molar-refractivity contribution is -0.121. The normalized spacial score (nSPS) is 13.7. The molecule has 1 saturated heterocycles. The van der Waals surface area contributed by atoms with E-state index in [1.165, 1.54) is 31.4 Å².